The molecular weight excluding hydrogens is 553 g/mol. The molecule has 1 saturated heterocycles. The van der Waals surface area contributed by atoms with Gasteiger partial charge in [0, 0.05) is 15.3 Å². The topological polar surface area (TPSA) is 119 Å². The number of fused-ring (bicyclic) bond motifs is 1. The smallest absolute Gasteiger partial charge is 0.493 e. The lowest BCUT2D eigenvalue weighted by Gasteiger charge is -2.30. The first-order valence-electron chi connectivity index (χ1n) is 13.6. The first-order chi connectivity index (χ1) is 19.1. The van der Waals surface area contributed by atoms with E-state index in [2.05, 4.69) is 11.9 Å². The van der Waals surface area contributed by atoms with Crippen molar-refractivity contribution in [2.75, 3.05) is 41.4 Å². The molecule has 1 aromatic rings. The summed E-state index contributed by atoms with van der Waals surface area (Å²) in [5.41, 5.74) is -1.49. The summed E-state index contributed by atoms with van der Waals surface area (Å²) in [6.45, 7) is 9.92. The largest absolute Gasteiger partial charge is 0.535 e. The van der Waals surface area contributed by atoms with Crippen molar-refractivity contribution in [2.45, 2.75) is 66.8 Å². The van der Waals surface area contributed by atoms with E-state index in [-0.39, 0.29) is 2.85 Å². The molecule has 0 saturated carbocycles. The number of phosphoric ester groups is 1. The van der Waals surface area contributed by atoms with Crippen LogP contribution in [0.25, 0.3) is 0 Å². The molecule has 1 heterocycles. The standard InChI is InChI=1S/C21H36NO8P.C8H10O2.2H2/c1-20(2,3)18(23)26-13-28-31(25,29-14-27-19(24)21(4,5)6)30-16-9-8-15-10-11-22(7)17(15)12-16;1-9-7-5-3-4-6-8(7)10-2;;/h9,15,17H,8,10-14H2,1-7H3;3-6H,1-2H3;2*1H. The summed E-state index contributed by atoms with van der Waals surface area (Å²) in [5.74, 6) is 1.52. The van der Waals surface area contributed by atoms with Crippen LogP contribution >= 0.6 is 7.82 Å². The molecule has 0 N–H and O–H groups in total. The number of hydrogen-bond acceptors (Lipinski definition) is 11. The molecule has 2 aliphatic rings. The van der Waals surface area contributed by atoms with Gasteiger partial charge in [0.1, 0.15) is 5.76 Å². The highest BCUT2D eigenvalue weighted by molar-refractivity contribution is 7.48. The minimum atomic E-state index is -4.20. The van der Waals surface area contributed by atoms with Gasteiger partial charge in [-0.3, -0.25) is 9.59 Å². The Balaban J connectivity index is 0.00000125. The van der Waals surface area contributed by atoms with Crippen molar-refractivity contribution in [1.29, 1.82) is 0 Å². The summed E-state index contributed by atoms with van der Waals surface area (Å²) in [6, 6.07) is 7.83. The van der Waals surface area contributed by atoms with Crippen LogP contribution in [0, 0.1) is 16.7 Å². The van der Waals surface area contributed by atoms with Crippen LogP contribution in [-0.4, -0.2) is 64.3 Å². The lowest BCUT2D eigenvalue weighted by Crippen LogP contribution is -2.32. The van der Waals surface area contributed by atoms with Gasteiger partial charge in [0.15, 0.2) is 11.5 Å². The molecule has 0 amide bonds. The van der Waals surface area contributed by atoms with Crippen molar-refractivity contribution in [2.24, 2.45) is 16.7 Å². The number of para-hydroxylation sites is 2. The number of carbonyl (C=O) groups excluding carboxylic acids is 2. The van der Waals surface area contributed by atoms with Crippen molar-refractivity contribution in [1.82, 2.24) is 4.90 Å². The minimum absolute atomic E-state index is 0. The van der Waals surface area contributed by atoms with E-state index in [0.29, 0.717) is 24.1 Å². The zero-order chi connectivity index (χ0) is 30.8. The summed E-state index contributed by atoms with van der Waals surface area (Å²) in [6.07, 6.45) is 4.38. The van der Waals surface area contributed by atoms with Crippen LogP contribution in [0.3, 0.4) is 0 Å². The normalized spacial score (nSPS) is 19.2. The predicted molar refractivity (Wildman–Crippen MR) is 157 cm³/mol. The molecule has 1 aliphatic heterocycles. The van der Waals surface area contributed by atoms with E-state index in [4.69, 9.17) is 32.5 Å². The van der Waals surface area contributed by atoms with E-state index in [0.717, 1.165) is 30.9 Å². The molecule has 0 spiro atoms. The Kier molecular flexibility index (Phi) is 12.7. The molecule has 12 heteroatoms. The number of esters is 2. The van der Waals surface area contributed by atoms with Crippen LogP contribution < -0.4 is 9.47 Å². The second-order valence-electron chi connectivity index (χ2n) is 12.0. The third-order valence-corrected chi connectivity index (χ3v) is 7.87. The van der Waals surface area contributed by atoms with E-state index in [1.807, 2.05) is 30.3 Å². The number of nitrogens with zero attached hydrogens (tertiary/aromatic N) is 1. The highest BCUT2D eigenvalue weighted by atomic mass is 31.2. The number of phosphoric acid groups is 1. The van der Waals surface area contributed by atoms with E-state index in [1.54, 1.807) is 55.8 Å². The molecule has 2 unspecified atom stereocenters. The maximum atomic E-state index is 13.2. The molecule has 0 radical (unpaired) electrons. The first-order valence-corrected chi connectivity index (χ1v) is 15.0. The van der Waals surface area contributed by atoms with Gasteiger partial charge in [-0.1, -0.05) is 12.1 Å². The Morgan fingerprint density at radius 1 is 0.927 bits per heavy atom. The molecular formula is C29H50NO10P. The monoisotopic (exact) mass is 603 g/mol. The van der Waals surface area contributed by atoms with Gasteiger partial charge in [-0.05, 0) is 92.1 Å². The number of benzene rings is 1. The Bertz CT molecular complexity index is 1040. The molecule has 1 fully saturated rings. The summed E-state index contributed by atoms with van der Waals surface area (Å²) in [4.78, 5) is 26.2. The third kappa shape index (κ3) is 11.0. The maximum absolute atomic E-state index is 13.2. The number of rotatable bonds is 10. The first kappa shape index (κ1) is 34.6. The lowest BCUT2D eigenvalue weighted by molar-refractivity contribution is -0.163. The molecule has 41 heavy (non-hydrogen) atoms. The molecule has 11 nitrogen and oxygen atoms in total. The van der Waals surface area contributed by atoms with E-state index < -0.39 is 44.2 Å². The maximum Gasteiger partial charge on any atom is 0.535 e. The number of allylic oxidation sites excluding steroid dienone is 1. The van der Waals surface area contributed by atoms with Crippen molar-refractivity contribution >= 4 is 19.8 Å². The third-order valence-electron chi connectivity index (χ3n) is 6.57. The molecule has 3 rings (SSSR count). The van der Waals surface area contributed by atoms with E-state index in [9.17, 15) is 14.2 Å². The van der Waals surface area contributed by atoms with Crippen LogP contribution in [-0.2, 0) is 37.2 Å². The number of likely N-dealkylation sites (tertiary alicyclic amines) is 1. The molecule has 0 bridgehead atoms. The minimum Gasteiger partial charge on any atom is -0.493 e. The lowest BCUT2D eigenvalue weighted by atomic mass is 9.89. The van der Waals surface area contributed by atoms with Crippen LogP contribution in [0.4, 0.5) is 0 Å². The number of methoxy groups -OCH3 is 2. The van der Waals surface area contributed by atoms with Gasteiger partial charge in [-0.15, -0.1) is 0 Å². The molecule has 0 aromatic heterocycles. The second-order valence-corrected chi connectivity index (χ2v) is 13.6. The van der Waals surface area contributed by atoms with Gasteiger partial charge in [-0.2, -0.15) is 0 Å². The van der Waals surface area contributed by atoms with Crippen LogP contribution in [0.15, 0.2) is 36.1 Å². The number of hydrogen-bond donors (Lipinski definition) is 0. The molecule has 1 aliphatic carbocycles. The fourth-order valence-electron chi connectivity index (χ4n) is 4.07. The molecule has 236 valence electrons. The average Bonchev–Trinajstić information content (AvgIpc) is 3.27. The van der Waals surface area contributed by atoms with Crippen molar-refractivity contribution in [3.8, 4) is 11.5 Å². The zero-order valence-corrected chi connectivity index (χ0v) is 26.7. The van der Waals surface area contributed by atoms with Gasteiger partial charge >= 0.3 is 19.8 Å². The highest BCUT2D eigenvalue weighted by Crippen LogP contribution is 2.53. The van der Waals surface area contributed by atoms with E-state index in [1.165, 1.54) is 0 Å². The Labute approximate surface area is 247 Å². The van der Waals surface area contributed by atoms with Gasteiger partial charge in [0.25, 0.3) is 0 Å². The Morgan fingerprint density at radius 2 is 1.41 bits per heavy atom. The molecule has 2 atom stereocenters. The Morgan fingerprint density at radius 3 is 1.85 bits per heavy atom. The average molecular weight is 604 g/mol. The van der Waals surface area contributed by atoms with Crippen LogP contribution in [0.2, 0.25) is 0 Å². The summed E-state index contributed by atoms with van der Waals surface area (Å²) < 4.78 is 49.4. The SMILES string of the molecule is CN1CCC2CC=C(OP(=O)(OCOC(=O)C(C)(C)C)OCOC(=O)C(C)(C)C)CC21.COc1ccccc1OC.[HH].[HH]. The number of ether oxygens (including phenoxy) is 4. The zero-order valence-electron chi connectivity index (χ0n) is 25.8. The van der Waals surface area contributed by atoms with Crippen molar-refractivity contribution in [3.05, 3.63) is 36.1 Å². The molecule has 1 aromatic carbocycles. The Hall–Kier alpha value is -2.59. The fourth-order valence-corrected chi connectivity index (χ4v) is 5.05. The summed E-state index contributed by atoms with van der Waals surface area (Å²) >= 11 is 0. The van der Waals surface area contributed by atoms with Gasteiger partial charge < -0.3 is 28.4 Å². The van der Waals surface area contributed by atoms with Crippen molar-refractivity contribution in [3.63, 3.8) is 0 Å². The predicted octanol–water partition coefficient (Wildman–Crippen LogP) is 6.43. The van der Waals surface area contributed by atoms with Crippen LogP contribution in [0.5, 0.6) is 11.5 Å². The second kappa shape index (κ2) is 15.0. The quantitative estimate of drug-likeness (QED) is 0.167. The van der Waals surface area contributed by atoms with Crippen molar-refractivity contribution < 1.29 is 49.5 Å². The van der Waals surface area contributed by atoms with Gasteiger partial charge in [0.05, 0.1) is 25.0 Å². The summed E-state index contributed by atoms with van der Waals surface area (Å²) in [7, 11) is 1.10. The summed E-state index contributed by atoms with van der Waals surface area (Å²) in [5, 5.41) is 0. The van der Waals surface area contributed by atoms with Gasteiger partial charge in [0.2, 0.25) is 13.6 Å². The van der Waals surface area contributed by atoms with Gasteiger partial charge in [-0.25, -0.2) is 13.6 Å². The van der Waals surface area contributed by atoms with E-state index >= 15 is 0 Å². The van der Waals surface area contributed by atoms with Crippen LogP contribution in [0.1, 0.15) is 63.7 Å². The highest BCUT2D eigenvalue weighted by Gasteiger charge is 2.39. The fraction of sp³-hybridized carbons (Fsp3) is 0.655. The number of carbonyl (C=O) groups is 2.